The van der Waals surface area contributed by atoms with Crippen molar-refractivity contribution in [3.05, 3.63) is 24.3 Å². The van der Waals surface area contributed by atoms with Crippen molar-refractivity contribution in [3.63, 3.8) is 0 Å². The van der Waals surface area contributed by atoms with Crippen molar-refractivity contribution in [3.8, 4) is 11.5 Å². The first-order chi connectivity index (χ1) is 8.29. The molecule has 1 fully saturated rings. The number of methoxy groups -OCH3 is 1. The Labute approximate surface area is 101 Å². The molecule has 0 bridgehead atoms. The third-order valence-corrected chi connectivity index (χ3v) is 2.96. The molecule has 1 amide bonds. The molecule has 1 unspecified atom stereocenters. The third-order valence-electron chi connectivity index (χ3n) is 2.96. The first-order valence-electron chi connectivity index (χ1n) is 5.84. The number of ether oxygens (including phenoxy) is 2. The van der Waals surface area contributed by atoms with Gasteiger partial charge in [0, 0.05) is 12.5 Å². The van der Waals surface area contributed by atoms with E-state index in [1.54, 1.807) is 7.11 Å². The first-order valence-corrected chi connectivity index (χ1v) is 5.84. The normalized spacial score (nSPS) is 18.9. The Morgan fingerprint density at radius 1 is 1.29 bits per heavy atom. The summed E-state index contributed by atoms with van der Waals surface area (Å²) < 4.78 is 10.6. The Hall–Kier alpha value is -1.71. The zero-order valence-corrected chi connectivity index (χ0v) is 9.94. The highest BCUT2D eigenvalue weighted by Gasteiger charge is 2.23. The van der Waals surface area contributed by atoms with Crippen LogP contribution in [0.2, 0.25) is 0 Å². The Bertz CT molecular complexity index is 375. The van der Waals surface area contributed by atoms with Gasteiger partial charge >= 0.3 is 0 Å². The van der Waals surface area contributed by atoms with Crippen LogP contribution in [0.4, 0.5) is 0 Å². The van der Waals surface area contributed by atoms with E-state index in [-0.39, 0.29) is 11.8 Å². The Morgan fingerprint density at radius 2 is 2.00 bits per heavy atom. The molecule has 1 aliphatic heterocycles. The van der Waals surface area contributed by atoms with Crippen LogP contribution in [-0.2, 0) is 4.79 Å². The quantitative estimate of drug-likeness (QED) is 0.843. The van der Waals surface area contributed by atoms with Crippen molar-refractivity contribution >= 4 is 5.91 Å². The van der Waals surface area contributed by atoms with E-state index in [0.29, 0.717) is 6.61 Å². The topological polar surface area (TPSA) is 47.6 Å². The summed E-state index contributed by atoms with van der Waals surface area (Å²) in [5.74, 6) is 1.90. The van der Waals surface area contributed by atoms with Gasteiger partial charge in [-0.15, -0.1) is 0 Å². The van der Waals surface area contributed by atoms with Crippen molar-refractivity contribution in [1.29, 1.82) is 0 Å². The summed E-state index contributed by atoms with van der Waals surface area (Å²) in [6, 6.07) is 7.45. The molecule has 17 heavy (non-hydrogen) atoms. The molecule has 4 nitrogen and oxygen atoms in total. The Balaban J connectivity index is 1.75. The van der Waals surface area contributed by atoms with Gasteiger partial charge in [0.05, 0.1) is 13.7 Å². The second kappa shape index (κ2) is 5.57. The van der Waals surface area contributed by atoms with Crippen LogP contribution in [0.15, 0.2) is 24.3 Å². The second-order valence-electron chi connectivity index (χ2n) is 4.09. The molecule has 1 heterocycles. The summed E-state index contributed by atoms with van der Waals surface area (Å²) in [6.45, 7) is 1.37. The maximum Gasteiger partial charge on any atom is 0.223 e. The van der Waals surface area contributed by atoms with Crippen molar-refractivity contribution in [2.24, 2.45) is 5.92 Å². The zero-order valence-electron chi connectivity index (χ0n) is 9.94. The Kier molecular flexibility index (Phi) is 3.85. The number of rotatable bonds is 5. The number of hydrogen-bond donors (Lipinski definition) is 1. The second-order valence-corrected chi connectivity index (χ2v) is 4.09. The standard InChI is InChI=1S/C13H17NO3/c1-16-11-2-4-12(5-3-11)17-9-7-10-6-8-14-13(10)15/h2-5,10H,6-9H2,1H3,(H,14,15). The predicted octanol–water partition coefficient (Wildman–Crippen LogP) is 1.60. The lowest BCUT2D eigenvalue weighted by molar-refractivity contribution is -0.122. The van der Waals surface area contributed by atoms with E-state index in [9.17, 15) is 4.79 Å². The van der Waals surface area contributed by atoms with Crippen LogP contribution >= 0.6 is 0 Å². The van der Waals surface area contributed by atoms with E-state index in [1.807, 2.05) is 24.3 Å². The minimum Gasteiger partial charge on any atom is -0.497 e. The highest BCUT2D eigenvalue weighted by molar-refractivity contribution is 5.80. The van der Waals surface area contributed by atoms with Crippen LogP contribution in [0.1, 0.15) is 12.8 Å². The van der Waals surface area contributed by atoms with Crippen LogP contribution in [0, 0.1) is 5.92 Å². The largest absolute Gasteiger partial charge is 0.497 e. The molecule has 1 aliphatic rings. The van der Waals surface area contributed by atoms with Gasteiger partial charge in [0.1, 0.15) is 11.5 Å². The molecule has 2 rings (SSSR count). The highest BCUT2D eigenvalue weighted by atomic mass is 16.5. The molecule has 1 N–H and O–H groups in total. The molecule has 1 atom stereocenters. The van der Waals surface area contributed by atoms with Gasteiger partial charge < -0.3 is 14.8 Å². The SMILES string of the molecule is COc1ccc(OCCC2CCNC2=O)cc1. The maximum atomic E-state index is 11.3. The summed E-state index contributed by atoms with van der Waals surface area (Å²) in [7, 11) is 1.63. The van der Waals surface area contributed by atoms with E-state index >= 15 is 0 Å². The third kappa shape index (κ3) is 3.12. The van der Waals surface area contributed by atoms with E-state index in [0.717, 1.165) is 30.9 Å². The lowest BCUT2D eigenvalue weighted by Crippen LogP contribution is -2.20. The van der Waals surface area contributed by atoms with E-state index in [4.69, 9.17) is 9.47 Å². The van der Waals surface area contributed by atoms with Crippen molar-refractivity contribution in [2.45, 2.75) is 12.8 Å². The lowest BCUT2D eigenvalue weighted by atomic mass is 10.1. The molecule has 0 radical (unpaired) electrons. The van der Waals surface area contributed by atoms with Gasteiger partial charge in [-0.1, -0.05) is 0 Å². The smallest absolute Gasteiger partial charge is 0.223 e. The molecule has 1 aromatic rings. The van der Waals surface area contributed by atoms with Crippen LogP contribution in [0.3, 0.4) is 0 Å². The van der Waals surface area contributed by atoms with Crippen molar-refractivity contribution in [2.75, 3.05) is 20.3 Å². The first kappa shape index (κ1) is 11.8. The molecule has 1 saturated heterocycles. The summed E-state index contributed by atoms with van der Waals surface area (Å²) in [5, 5.41) is 2.82. The van der Waals surface area contributed by atoms with E-state index in [1.165, 1.54) is 0 Å². The summed E-state index contributed by atoms with van der Waals surface area (Å²) in [4.78, 5) is 11.3. The molecular weight excluding hydrogens is 218 g/mol. The molecule has 0 spiro atoms. The molecule has 0 aromatic heterocycles. The highest BCUT2D eigenvalue weighted by Crippen LogP contribution is 2.19. The molecule has 4 heteroatoms. The van der Waals surface area contributed by atoms with Gasteiger partial charge in [-0.3, -0.25) is 4.79 Å². The number of carbonyl (C=O) groups excluding carboxylic acids is 1. The Morgan fingerprint density at radius 3 is 2.59 bits per heavy atom. The monoisotopic (exact) mass is 235 g/mol. The van der Waals surface area contributed by atoms with Crippen LogP contribution in [-0.4, -0.2) is 26.2 Å². The summed E-state index contributed by atoms with van der Waals surface area (Å²) in [5.41, 5.74) is 0. The fourth-order valence-corrected chi connectivity index (χ4v) is 1.91. The zero-order chi connectivity index (χ0) is 12.1. The average molecular weight is 235 g/mol. The van der Waals surface area contributed by atoms with Crippen molar-refractivity contribution < 1.29 is 14.3 Å². The van der Waals surface area contributed by atoms with Gasteiger partial charge in [0.15, 0.2) is 0 Å². The number of benzene rings is 1. The number of carbonyl (C=O) groups is 1. The van der Waals surface area contributed by atoms with Gasteiger partial charge in [-0.2, -0.15) is 0 Å². The van der Waals surface area contributed by atoms with Gasteiger partial charge in [0.2, 0.25) is 5.91 Å². The summed E-state index contributed by atoms with van der Waals surface area (Å²) in [6.07, 6.45) is 1.70. The van der Waals surface area contributed by atoms with E-state index in [2.05, 4.69) is 5.32 Å². The number of amides is 1. The predicted molar refractivity (Wildman–Crippen MR) is 64.2 cm³/mol. The maximum absolute atomic E-state index is 11.3. The fourth-order valence-electron chi connectivity index (χ4n) is 1.91. The molecular formula is C13H17NO3. The minimum atomic E-state index is 0.119. The molecule has 92 valence electrons. The van der Waals surface area contributed by atoms with Gasteiger partial charge in [-0.05, 0) is 37.1 Å². The van der Waals surface area contributed by atoms with Crippen LogP contribution in [0.25, 0.3) is 0 Å². The number of hydrogen-bond acceptors (Lipinski definition) is 3. The lowest BCUT2D eigenvalue weighted by Gasteiger charge is -2.09. The van der Waals surface area contributed by atoms with Gasteiger partial charge in [0.25, 0.3) is 0 Å². The van der Waals surface area contributed by atoms with Crippen LogP contribution < -0.4 is 14.8 Å². The van der Waals surface area contributed by atoms with Gasteiger partial charge in [-0.25, -0.2) is 0 Å². The molecule has 0 saturated carbocycles. The van der Waals surface area contributed by atoms with Crippen molar-refractivity contribution in [1.82, 2.24) is 5.32 Å². The average Bonchev–Trinajstić information content (AvgIpc) is 2.76. The van der Waals surface area contributed by atoms with Crippen LogP contribution in [0.5, 0.6) is 11.5 Å². The molecule has 0 aliphatic carbocycles. The minimum absolute atomic E-state index is 0.119. The van der Waals surface area contributed by atoms with E-state index < -0.39 is 0 Å². The number of nitrogens with one attached hydrogen (secondary N) is 1. The summed E-state index contributed by atoms with van der Waals surface area (Å²) >= 11 is 0. The fraction of sp³-hybridized carbons (Fsp3) is 0.462. The molecule has 1 aromatic carbocycles.